The van der Waals surface area contributed by atoms with E-state index in [1.807, 2.05) is 44.2 Å². The fourth-order valence-corrected chi connectivity index (χ4v) is 5.83. The number of rotatable bonds is 4. The standard InChI is InChI=1S/C17H14N4OS4/c1-9-10(2)25-15-13(9)14(22)18-12(19-15)8-24-16-20-21(17(23)26-16)11-6-4-3-5-7-11/h3-7H,8H2,1-2H3,(H,18,19,22). The highest BCUT2D eigenvalue weighted by atomic mass is 32.2. The average molecular weight is 419 g/mol. The second-order valence-electron chi connectivity index (χ2n) is 5.65. The molecule has 0 amide bonds. The molecule has 3 aromatic heterocycles. The minimum absolute atomic E-state index is 0.0742. The van der Waals surface area contributed by atoms with Gasteiger partial charge in [-0.05, 0) is 43.8 Å². The van der Waals surface area contributed by atoms with Gasteiger partial charge < -0.3 is 4.98 Å². The largest absolute Gasteiger partial charge is 0.309 e. The van der Waals surface area contributed by atoms with E-state index in [9.17, 15) is 4.79 Å². The molecule has 132 valence electrons. The van der Waals surface area contributed by atoms with Crippen LogP contribution in [-0.4, -0.2) is 19.7 Å². The first-order valence-electron chi connectivity index (χ1n) is 7.80. The van der Waals surface area contributed by atoms with Gasteiger partial charge in [0, 0.05) is 4.88 Å². The highest BCUT2D eigenvalue weighted by molar-refractivity contribution is 8.00. The maximum atomic E-state index is 12.4. The summed E-state index contributed by atoms with van der Waals surface area (Å²) in [6.45, 7) is 3.97. The predicted octanol–water partition coefficient (Wildman–Crippen LogP) is 4.87. The Morgan fingerprint density at radius 1 is 1.23 bits per heavy atom. The number of benzene rings is 1. The van der Waals surface area contributed by atoms with Crippen molar-refractivity contribution in [2.24, 2.45) is 0 Å². The van der Waals surface area contributed by atoms with Gasteiger partial charge in [0.1, 0.15) is 10.7 Å². The van der Waals surface area contributed by atoms with Gasteiger partial charge >= 0.3 is 0 Å². The molecule has 0 aliphatic heterocycles. The van der Waals surface area contributed by atoms with E-state index in [0.717, 1.165) is 25.3 Å². The van der Waals surface area contributed by atoms with E-state index in [0.29, 0.717) is 20.9 Å². The molecule has 1 N–H and O–H groups in total. The number of aryl methyl sites for hydroxylation is 2. The SMILES string of the molecule is Cc1sc2nc(CSc3nn(-c4ccccc4)c(=S)s3)[nH]c(=O)c2c1C. The molecule has 3 heterocycles. The van der Waals surface area contributed by atoms with Crippen molar-refractivity contribution in [2.75, 3.05) is 0 Å². The van der Waals surface area contributed by atoms with Crippen LogP contribution < -0.4 is 5.56 Å². The summed E-state index contributed by atoms with van der Waals surface area (Å²) in [4.78, 5) is 21.8. The number of hydrogen-bond acceptors (Lipinski definition) is 7. The number of hydrogen-bond donors (Lipinski definition) is 1. The van der Waals surface area contributed by atoms with E-state index in [-0.39, 0.29) is 5.56 Å². The van der Waals surface area contributed by atoms with E-state index in [4.69, 9.17) is 12.2 Å². The summed E-state index contributed by atoms with van der Waals surface area (Å²) in [5.41, 5.74) is 1.88. The van der Waals surface area contributed by atoms with Crippen LogP contribution >= 0.6 is 46.7 Å². The second-order valence-corrected chi connectivity index (χ2v) is 9.69. The van der Waals surface area contributed by atoms with Gasteiger partial charge in [0.2, 0.25) is 0 Å². The molecule has 4 rings (SSSR count). The quantitative estimate of drug-likeness (QED) is 0.378. The van der Waals surface area contributed by atoms with Crippen molar-refractivity contribution in [2.45, 2.75) is 23.9 Å². The third-order valence-corrected chi connectivity index (χ3v) is 7.43. The number of aromatic amines is 1. The summed E-state index contributed by atoms with van der Waals surface area (Å²) in [5.74, 6) is 1.19. The zero-order valence-corrected chi connectivity index (χ0v) is 17.2. The number of nitrogens with one attached hydrogen (secondary N) is 1. The molecule has 1 aromatic carbocycles. The number of fused-ring (bicyclic) bond motifs is 1. The second kappa shape index (κ2) is 7.07. The maximum absolute atomic E-state index is 12.4. The van der Waals surface area contributed by atoms with Gasteiger partial charge in [-0.15, -0.1) is 16.4 Å². The number of thioether (sulfide) groups is 1. The Kier molecular flexibility index (Phi) is 4.78. The Morgan fingerprint density at radius 2 is 2.00 bits per heavy atom. The lowest BCUT2D eigenvalue weighted by Crippen LogP contribution is -2.10. The lowest BCUT2D eigenvalue weighted by Gasteiger charge is -2.00. The summed E-state index contributed by atoms with van der Waals surface area (Å²) < 4.78 is 3.30. The summed E-state index contributed by atoms with van der Waals surface area (Å²) in [7, 11) is 0. The van der Waals surface area contributed by atoms with Crippen LogP contribution in [-0.2, 0) is 5.75 Å². The topological polar surface area (TPSA) is 63.6 Å². The Bertz CT molecular complexity index is 1200. The van der Waals surface area contributed by atoms with Gasteiger partial charge in [0.25, 0.3) is 5.56 Å². The third-order valence-electron chi connectivity index (χ3n) is 3.95. The normalized spacial score (nSPS) is 11.3. The first-order valence-corrected chi connectivity index (χ1v) is 10.8. The van der Waals surface area contributed by atoms with Crippen molar-refractivity contribution < 1.29 is 0 Å². The van der Waals surface area contributed by atoms with Gasteiger partial charge in [-0.3, -0.25) is 4.79 Å². The molecule has 0 spiro atoms. The van der Waals surface area contributed by atoms with E-state index in [1.165, 1.54) is 23.1 Å². The number of H-pyrrole nitrogens is 1. The molecular weight excluding hydrogens is 404 g/mol. The van der Waals surface area contributed by atoms with Crippen molar-refractivity contribution in [1.82, 2.24) is 19.7 Å². The van der Waals surface area contributed by atoms with Crippen LogP contribution in [0.25, 0.3) is 15.9 Å². The predicted molar refractivity (Wildman–Crippen MR) is 112 cm³/mol. The van der Waals surface area contributed by atoms with Crippen LogP contribution in [0.2, 0.25) is 0 Å². The van der Waals surface area contributed by atoms with E-state index in [1.54, 1.807) is 16.0 Å². The average Bonchev–Trinajstić information content (AvgIpc) is 3.14. The Morgan fingerprint density at radius 3 is 2.77 bits per heavy atom. The van der Waals surface area contributed by atoms with Crippen LogP contribution in [0.4, 0.5) is 0 Å². The highest BCUT2D eigenvalue weighted by Gasteiger charge is 2.13. The molecule has 5 nitrogen and oxygen atoms in total. The molecule has 0 aliphatic carbocycles. The summed E-state index contributed by atoms with van der Waals surface area (Å²) in [5, 5.41) is 5.27. The molecule has 0 unspecified atom stereocenters. The molecule has 0 bridgehead atoms. The number of aromatic nitrogens is 4. The molecular formula is C17H14N4OS4. The lowest BCUT2D eigenvalue weighted by atomic mass is 10.2. The van der Waals surface area contributed by atoms with Crippen molar-refractivity contribution >= 4 is 56.9 Å². The first-order chi connectivity index (χ1) is 12.5. The van der Waals surface area contributed by atoms with Crippen LogP contribution in [0.5, 0.6) is 0 Å². The zero-order chi connectivity index (χ0) is 18.3. The van der Waals surface area contributed by atoms with Crippen molar-refractivity contribution in [1.29, 1.82) is 0 Å². The number of thiophene rings is 1. The number of para-hydroxylation sites is 1. The Hall–Kier alpha value is -1.81. The molecule has 0 aliphatic rings. The van der Waals surface area contributed by atoms with Gasteiger partial charge in [-0.25, -0.2) is 9.67 Å². The molecule has 26 heavy (non-hydrogen) atoms. The lowest BCUT2D eigenvalue weighted by molar-refractivity contribution is 0.829. The minimum Gasteiger partial charge on any atom is -0.309 e. The van der Waals surface area contributed by atoms with Crippen LogP contribution in [0, 0.1) is 17.8 Å². The Labute approximate surface area is 166 Å². The highest BCUT2D eigenvalue weighted by Crippen LogP contribution is 2.28. The molecule has 0 fully saturated rings. The summed E-state index contributed by atoms with van der Waals surface area (Å²) in [6.07, 6.45) is 0. The fraction of sp³-hybridized carbons (Fsp3) is 0.176. The molecule has 4 aromatic rings. The molecule has 0 saturated heterocycles. The fourth-order valence-electron chi connectivity index (χ4n) is 2.55. The van der Waals surface area contributed by atoms with Crippen molar-refractivity contribution in [3.05, 3.63) is 60.9 Å². The summed E-state index contributed by atoms with van der Waals surface area (Å²) >= 11 is 9.96. The van der Waals surface area contributed by atoms with E-state index in [2.05, 4.69) is 15.1 Å². The van der Waals surface area contributed by atoms with E-state index >= 15 is 0 Å². The molecule has 0 saturated carbocycles. The van der Waals surface area contributed by atoms with Gasteiger partial charge in [-0.2, -0.15) is 0 Å². The van der Waals surface area contributed by atoms with Crippen LogP contribution in [0.1, 0.15) is 16.3 Å². The monoisotopic (exact) mass is 418 g/mol. The number of nitrogens with zero attached hydrogens (tertiary/aromatic N) is 3. The Balaban J connectivity index is 1.59. The van der Waals surface area contributed by atoms with Gasteiger partial charge in [-0.1, -0.05) is 41.3 Å². The first kappa shape index (κ1) is 17.6. The molecule has 9 heteroatoms. The van der Waals surface area contributed by atoms with E-state index < -0.39 is 0 Å². The zero-order valence-electron chi connectivity index (χ0n) is 14.0. The van der Waals surface area contributed by atoms with Gasteiger partial charge in [0.15, 0.2) is 8.29 Å². The van der Waals surface area contributed by atoms with Crippen LogP contribution in [0.15, 0.2) is 39.5 Å². The van der Waals surface area contributed by atoms with Crippen LogP contribution in [0.3, 0.4) is 0 Å². The minimum atomic E-state index is -0.0742. The van der Waals surface area contributed by atoms with Crippen molar-refractivity contribution in [3.63, 3.8) is 0 Å². The maximum Gasteiger partial charge on any atom is 0.259 e. The smallest absolute Gasteiger partial charge is 0.259 e. The summed E-state index contributed by atoms with van der Waals surface area (Å²) in [6, 6.07) is 9.81. The van der Waals surface area contributed by atoms with Gasteiger partial charge in [0.05, 0.1) is 16.8 Å². The third kappa shape index (κ3) is 3.27. The molecule has 0 radical (unpaired) electrons. The van der Waals surface area contributed by atoms with Crippen molar-refractivity contribution in [3.8, 4) is 5.69 Å². The molecule has 0 atom stereocenters.